The number of ether oxygens (including phenoxy) is 5. The lowest BCUT2D eigenvalue weighted by Crippen LogP contribution is -2.82. The van der Waals surface area contributed by atoms with Crippen LogP contribution in [0, 0.1) is 33.5 Å². The summed E-state index contributed by atoms with van der Waals surface area (Å²) in [6, 6.07) is 8.06. The fraction of sp³-hybridized carbons (Fsp3) is 0.622. The van der Waals surface area contributed by atoms with E-state index in [1.165, 1.54) is 19.9 Å². The zero-order valence-electron chi connectivity index (χ0n) is 28.4. The maximum atomic E-state index is 15.4. The molecular weight excluding hydrogens is 672 g/mol. The highest BCUT2D eigenvalue weighted by molar-refractivity contribution is 6.30. The van der Waals surface area contributed by atoms with Gasteiger partial charge in [-0.05, 0) is 55.5 Å². The molecule has 1 aromatic carbocycles. The van der Waals surface area contributed by atoms with E-state index in [-0.39, 0.29) is 37.0 Å². The quantitative estimate of drug-likeness (QED) is 0.260. The molecule has 12 nitrogen and oxygen atoms in total. The Morgan fingerprint density at radius 3 is 2.34 bits per heavy atom. The number of furan rings is 1. The molecule has 3 heterocycles. The molecule has 1 spiro atoms. The zero-order valence-corrected chi connectivity index (χ0v) is 29.2. The van der Waals surface area contributed by atoms with Gasteiger partial charge < -0.3 is 38.3 Å². The molecule has 2 aliphatic heterocycles. The molecule has 2 N–H and O–H groups in total. The van der Waals surface area contributed by atoms with Crippen molar-refractivity contribution in [3.8, 4) is 0 Å². The van der Waals surface area contributed by atoms with Crippen LogP contribution >= 0.6 is 11.6 Å². The van der Waals surface area contributed by atoms with Crippen molar-refractivity contribution in [2.45, 2.75) is 102 Å². The van der Waals surface area contributed by atoms with Gasteiger partial charge in [0.2, 0.25) is 6.29 Å². The molecule has 0 unspecified atom stereocenters. The van der Waals surface area contributed by atoms with Crippen LogP contribution in [-0.4, -0.2) is 82.9 Å². The normalized spacial score (nSPS) is 46.8. The molecule has 50 heavy (non-hydrogen) atoms. The fourth-order valence-electron chi connectivity index (χ4n) is 11.9. The standard InChI is InChI=1S/C37H41ClO12/c1-17(39)47-26-14-25(42)36-16-46-32(49-31(44)19-7-6-8-21(38)11-19)33(26,3)23(36)13-24(41)35(5)29(36)28(43)30(48-18(2)40)34(4)22(20-9-10-45-15-20)12-27-37(34,35)50-27/h6-11,15,22-27,29-30,32,41-42H,12-14,16H2,1-5H3/t22-,23-,24+,25-,26+,27+,29-,30-,32+,33+,34+,35+,36+,37+/m0/s1. The summed E-state index contributed by atoms with van der Waals surface area (Å²) in [6.07, 6.45) is -2.82. The van der Waals surface area contributed by atoms with Gasteiger partial charge in [-0.2, -0.15) is 0 Å². The molecule has 2 aromatic rings. The maximum Gasteiger partial charge on any atom is 0.340 e. The molecule has 2 bridgehead atoms. The van der Waals surface area contributed by atoms with Crippen molar-refractivity contribution in [3.05, 3.63) is 59.0 Å². The topological polar surface area (TPSA) is 171 Å². The van der Waals surface area contributed by atoms with Crippen molar-refractivity contribution in [2.24, 2.45) is 33.5 Å². The average Bonchev–Trinajstić information content (AvgIpc) is 3.41. The van der Waals surface area contributed by atoms with Gasteiger partial charge in [-0.3, -0.25) is 14.4 Å². The second-order valence-corrected chi connectivity index (χ2v) is 16.2. The largest absolute Gasteiger partial charge is 0.472 e. The van der Waals surface area contributed by atoms with E-state index >= 15 is 4.79 Å². The number of carbonyl (C=O) groups is 4. The fourth-order valence-corrected chi connectivity index (χ4v) is 12.1. The Balaban J connectivity index is 1.27. The van der Waals surface area contributed by atoms with Crippen LogP contribution in [0.3, 0.4) is 0 Å². The Morgan fingerprint density at radius 1 is 0.940 bits per heavy atom. The Kier molecular flexibility index (Phi) is 7.35. The first-order chi connectivity index (χ1) is 23.6. The van der Waals surface area contributed by atoms with Crippen LogP contribution in [-0.2, 0) is 38.1 Å². The number of carbonyl (C=O) groups excluding carboxylic acids is 4. The van der Waals surface area contributed by atoms with Gasteiger partial charge in [0.25, 0.3) is 0 Å². The first-order valence-corrected chi connectivity index (χ1v) is 17.5. The van der Waals surface area contributed by atoms with Crippen molar-refractivity contribution in [3.63, 3.8) is 0 Å². The number of esters is 3. The SMILES string of the molecule is CC(=O)O[C@@H]1C[C@H](O)[C@@]23CO[C@H](OC(=O)c4cccc(Cl)c4)[C@]1(C)[C@@H]2C[C@@H](O)[C@]1(C)[C@@H]3C(=O)[C@H](OC(C)=O)[C@@]2(C)[C@H](c3ccoc3)C[C@H]3O[C@]321. The number of hydrogen-bond donors (Lipinski definition) is 2. The lowest BCUT2D eigenvalue weighted by molar-refractivity contribution is -0.372. The lowest BCUT2D eigenvalue weighted by Gasteiger charge is -2.73. The summed E-state index contributed by atoms with van der Waals surface area (Å²) in [6.45, 7) is 7.75. The smallest absolute Gasteiger partial charge is 0.340 e. The number of ketones is 1. The van der Waals surface area contributed by atoms with Crippen LogP contribution in [0.4, 0.5) is 0 Å². The molecule has 6 aliphatic rings. The third-order valence-electron chi connectivity index (χ3n) is 13.8. The third-order valence-corrected chi connectivity index (χ3v) is 14.1. The molecule has 268 valence electrons. The van der Waals surface area contributed by atoms with Crippen LogP contribution < -0.4 is 0 Å². The minimum atomic E-state index is -1.38. The van der Waals surface area contributed by atoms with Gasteiger partial charge in [0, 0.05) is 48.0 Å². The molecule has 1 aromatic heterocycles. The number of halogens is 1. The average molecular weight is 713 g/mol. The molecule has 8 rings (SSSR count). The van der Waals surface area contributed by atoms with Gasteiger partial charge in [0.05, 0.1) is 53.8 Å². The summed E-state index contributed by atoms with van der Waals surface area (Å²) >= 11 is 6.15. The molecular formula is C37H41ClO12. The molecule has 4 saturated carbocycles. The van der Waals surface area contributed by atoms with E-state index < -0.39 is 93.5 Å². The molecule has 0 amide bonds. The number of aliphatic hydroxyl groups is 2. The summed E-state index contributed by atoms with van der Waals surface area (Å²) in [7, 11) is 0. The van der Waals surface area contributed by atoms with Gasteiger partial charge in [0.15, 0.2) is 11.9 Å². The maximum absolute atomic E-state index is 15.4. The summed E-state index contributed by atoms with van der Waals surface area (Å²) in [5.74, 6) is -4.66. The van der Waals surface area contributed by atoms with Gasteiger partial charge in [-0.25, -0.2) is 4.79 Å². The van der Waals surface area contributed by atoms with Gasteiger partial charge in [-0.1, -0.05) is 31.5 Å². The van der Waals surface area contributed by atoms with Crippen molar-refractivity contribution < 1.29 is 57.5 Å². The van der Waals surface area contributed by atoms with Crippen LogP contribution in [0.25, 0.3) is 0 Å². The van der Waals surface area contributed by atoms with E-state index in [0.717, 1.165) is 5.56 Å². The third kappa shape index (κ3) is 3.97. The Hall–Kier alpha value is -3.29. The van der Waals surface area contributed by atoms with Gasteiger partial charge in [0.1, 0.15) is 11.7 Å². The van der Waals surface area contributed by atoms with Crippen LogP contribution in [0.15, 0.2) is 47.3 Å². The monoisotopic (exact) mass is 712 g/mol. The Morgan fingerprint density at radius 2 is 1.68 bits per heavy atom. The van der Waals surface area contributed by atoms with Crippen molar-refractivity contribution >= 4 is 35.3 Å². The number of hydrogen-bond acceptors (Lipinski definition) is 12. The predicted octanol–water partition coefficient (Wildman–Crippen LogP) is 3.98. The van der Waals surface area contributed by atoms with E-state index in [1.807, 2.05) is 19.9 Å². The summed E-state index contributed by atoms with van der Waals surface area (Å²) in [5, 5.41) is 25.2. The zero-order chi connectivity index (χ0) is 35.8. The van der Waals surface area contributed by atoms with E-state index in [4.69, 9.17) is 39.7 Å². The summed E-state index contributed by atoms with van der Waals surface area (Å²) in [5.41, 5.74) is -5.23. The first-order valence-electron chi connectivity index (χ1n) is 17.1. The predicted molar refractivity (Wildman–Crippen MR) is 171 cm³/mol. The molecule has 14 atom stereocenters. The first kappa shape index (κ1) is 33.8. The molecule has 13 heteroatoms. The van der Waals surface area contributed by atoms with Gasteiger partial charge in [-0.15, -0.1) is 0 Å². The number of fused-ring (bicyclic) bond motifs is 1. The van der Waals surface area contributed by atoms with Crippen molar-refractivity contribution in [1.29, 1.82) is 0 Å². The van der Waals surface area contributed by atoms with E-state index in [1.54, 1.807) is 37.6 Å². The molecule has 2 saturated heterocycles. The molecule has 6 fully saturated rings. The molecule has 4 aliphatic carbocycles. The second kappa shape index (κ2) is 10.9. The van der Waals surface area contributed by atoms with E-state index in [0.29, 0.717) is 11.4 Å². The van der Waals surface area contributed by atoms with Crippen LogP contribution in [0.1, 0.15) is 75.7 Å². The summed E-state index contributed by atoms with van der Waals surface area (Å²) < 4.78 is 36.4. The molecule has 0 radical (unpaired) electrons. The lowest BCUT2D eigenvalue weighted by atomic mass is 9.33. The number of benzene rings is 1. The minimum Gasteiger partial charge on any atom is -0.472 e. The van der Waals surface area contributed by atoms with Crippen LogP contribution in [0.5, 0.6) is 0 Å². The Labute approximate surface area is 293 Å². The number of Topliss-reactive ketones (excluding diaryl/α,β-unsaturated/α-hetero) is 1. The minimum absolute atomic E-state index is 0.0443. The van der Waals surface area contributed by atoms with Crippen LogP contribution in [0.2, 0.25) is 5.02 Å². The highest BCUT2D eigenvalue weighted by atomic mass is 35.5. The van der Waals surface area contributed by atoms with Gasteiger partial charge >= 0.3 is 17.9 Å². The number of aliphatic hydroxyl groups excluding tert-OH is 2. The number of epoxide rings is 1. The van der Waals surface area contributed by atoms with Crippen molar-refractivity contribution in [2.75, 3.05) is 6.61 Å². The number of rotatable bonds is 5. The second-order valence-electron chi connectivity index (χ2n) is 15.8. The van der Waals surface area contributed by atoms with Crippen molar-refractivity contribution in [1.82, 2.24) is 0 Å². The van der Waals surface area contributed by atoms with E-state index in [9.17, 15) is 24.6 Å². The highest BCUT2D eigenvalue weighted by Gasteiger charge is 2.92. The Bertz CT molecular complexity index is 1780. The van der Waals surface area contributed by atoms with E-state index in [2.05, 4.69) is 0 Å². The highest BCUT2D eigenvalue weighted by Crippen LogP contribution is 2.83. The summed E-state index contributed by atoms with van der Waals surface area (Å²) in [4.78, 5) is 54.2.